The molecule has 1 aliphatic heterocycles. The van der Waals surface area contributed by atoms with Gasteiger partial charge in [-0.2, -0.15) is 4.31 Å². The van der Waals surface area contributed by atoms with Gasteiger partial charge in [0.25, 0.3) is 0 Å². The highest BCUT2D eigenvalue weighted by Gasteiger charge is 2.31. The van der Waals surface area contributed by atoms with E-state index in [4.69, 9.17) is 9.47 Å². The quantitative estimate of drug-likeness (QED) is 0.777. The van der Waals surface area contributed by atoms with Gasteiger partial charge in [0.15, 0.2) is 11.5 Å². The summed E-state index contributed by atoms with van der Waals surface area (Å²) >= 11 is 3.33. The molecule has 9 heteroatoms. The van der Waals surface area contributed by atoms with Crippen molar-refractivity contribution in [2.75, 3.05) is 34.4 Å². The third-order valence-electron chi connectivity index (χ3n) is 3.92. The van der Waals surface area contributed by atoms with Crippen LogP contribution in [-0.2, 0) is 10.0 Å². The van der Waals surface area contributed by atoms with E-state index in [0.29, 0.717) is 16.0 Å². The first-order valence-corrected chi connectivity index (χ1v) is 9.25. The number of sulfonamides is 1. The maximum atomic E-state index is 12.9. The average molecular weight is 430 g/mol. The van der Waals surface area contributed by atoms with Crippen LogP contribution in [0.25, 0.3) is 0 Å². The molecule has 6 nitrogen and oxygen atoms in total. The van der Waals surface area contributed by atoms with E-state index >= 15 is 0 Å². The molecule has 0 radical (unpaired) electrons. The molecule has 1 aliphatic rings. The minimum atomic E-state index is -3.60. The highest BCUT2D eigenvalue weighted by Crippen LogP contribution is 2.37. The van der Waals surface area contributed by atoms with Crippen LogP contribution in [0.4, 0.5) is 0 Å². The Morgan fingerprint density at radius 1 is 1.17 bits per heavy atom. The van der Waals surface area contributed by atoms with Gasteiger partial charge >= 0.3 is 0 Å². The SMILES string of the molecule is COc1cc(Br)c(S(=O)(=O)N(C)C2CCNCC2)cc1OC.Cl. The fourth-order valence-corrected chi connectivity index (χ4v) is 4.97. The number of halogens is 2. The van der Waals surface area contributed by atoms with Crippen LogP contribution in [0.3, 0.4) is 0 Å². The van der Waals surface area contributed by atoms with Gasteiger partial charge in [0, 0.05) is 23.6 Å². The molecule has 1 N–H and O–H groups in total. The van der Waals surface area contributed by atoms with Crippen LogP contribution in [0.1, 0.15) is 12.8 Å². The van der Waals surface area contributed by atoms with Gasteiger partial charge in [0.05, 0.1) is 14.2 Å². The van der Waals surface area contributed by atoms with Crippen LogP contribution in [0, 0.1) is 0 Å². The molecule has 1 aromatic carbocycles. The number of hydrogen-bond donors (Lipinski definition) is 1. The van der Waals surface area contributed by atoms with Crippen LogP contribution in [0.15, 0.2) is 21.5 Å². The van der Waals surface area contributed by atoms with Crippen molar-refractivity contribution in [3.05, 3.63) is 16.6 Å². The molecule has 1 heterocycles. The summed E-state index contributed by atoms with van der Waals surface area (Å²) in [5.41, 5.74) is 0. The Bertz CT molecular complexity index is 636. The Labute approximate surface area is 152 Å². The Balaban J connectivity index is 0.00000264. The highest BCUT2D eigenvalue weighted by atomic mass is 79.9. The van der Waals surface area contributed by atoms with E-state index < -0.39 is 10.0 Å². The van der Waals surface area contributed by atoms with Crippen molar-refractivity contribution in [3.63, 3.8) is 0 Å². The summed E-state index contributed by atoms with van der Waals surface area (Å²) in [6.07, 6.45) is 1.61. The summed E-state index contributed by atoms with van der Waals surface area (Å²) in [6, 6.07) is 3.11. The maximum Gasteiger partial charge on any atom is 0.244 e. The highest BCUT2D eigenvalue weighted by molar-refractivity contribution is 9.10. The van der Waals surface area contributed by atoms with Crippen molar-refractivity contribution in [2.24, 2.45) is 0 Å². The molecule has 1 aromatic rings. The van der Waals surface area contributed by atoms with Crippen molar-refractivity contribution >= 4 is 38.4 Å². The first-order chi connectivity index (χ1) is 10.4. The van der Waals surface area contributed by atoms with E-state index in [1.54, 1.807) is 13.1 Å². The van der Waals surface area contributed by atoms with Crippen LogP contribution < -0.4 is 14.8 Å². The first kappa shape index (κ1) is 20.5. The minimum Gasteiger partial charge on any atom is -0.493 e. The first-order valence-electron chi connectivity index (χ1n) is 7.02. The van der Waals surface area contributed by atoms with Gasteiger partial charge in [-0.25, -0.2) is 8.42 Å². The van der Waals surface area contributed by atoms with E-state index in [2.05, 4.69) is 21.2 Å². The Hall–Kier alpha value is -0.540. The zero-order valence-electron chi connectivity index (χ0n) is 13.3. The maximum absolute atomic E-state index is 12.9. The monoisotopic (exact) mass is 428 g/mol. The number of nitrogens with one attached hydrogen (secondary N) is 1. The molecule has 0 atom stereocenters. The standard InChI is InChI=1S/C14H21BrN2O4S.ClH/c1-17(10-4-6-16-7-5-10)22(18,19)14-9-13(21-3)12(20-2)8-11(14)15;/h8-10,16H,4-7H2,1-3H3;1H. The smallest absolute Gasteiger partial charge is 0.244 e. The zero-order valence-corrected chi connectivity index (χ0v) is 16.6. The average Bonchev–Trinajstić information content (AvgIpc) is 2.54. The predicted octanol–water partition coefficient (Wildman–Crippen LogP) is 2.26. The fourth-order valence-electron chi connectivity index (χ4n) is 2.55. The molecular weight excluding hydrogens is 408 g/mol. The summed E-state index contributed by atoms with van der Waals surface area (Å²) in [6.45, 7) is 1.66. The summed E-state index contributed by atoms with van der Waals surface area (Å²) in [5.74, 6) is 0.876. The predicted molar refractivity (Wildman–Crippen MR) is 95.3 cm³/mol. The van der Waals surface area contributed by atoms with Crippen molar-refractivity contribution in [1.29, 1.82) is 0 Å². The Morgan fingerprint density at radius 2 is 1.70 bits per heavy atom. The number of hydrogen-bond acceptors (Lipinski definition) is 5. The third-order valence-corrected chi connectivity index (χ3v) is 6.79. The molecule has 0 saturated carbocycles. The molecule has 0 unspecified atom stereocenters. The normalized spacial score (nSPS) is 16.0. The molecule has 0 aliphatic carbocycles. The van der Waals surface area contributed by atoms with Gasteiger partial charge in [-0.3, -0.25) is 0 Å². The molecular formula is C14H22BrClN2O4S. The Kier molecular flexibility index (Phi) is 7.60. The van der Waals surface area contributed by atoms with Crippen LogP contribution in [0.5, 0.6) is 11.5 Å². The molecule has 0 aromatic heterocycles. The van der Waals surface area contributed by atoms with Crippen LogP contribution in [-0.4, -0.2) is 53.1 Å². The van der Waals surface area contributed by atoms with E-state index in [0.717, 1.165) is 25.9 Å². The van der Waals surface area contributed by atoms with Gasteiger partial charge in [-0.1, -0.05) is 0 Å². The second kappa shape index (κ2) is 8.53. The molecule has 132 valence electrons. The van der Waals surface area contributed by atoms with Gasteiger partial charge in [-0.15, -0.1) is 12.4 Å². The lowest BCUT2D eigenvalue weighted by Crippen LogP contribution is -2.43. The lowest BCUT2D eigenvalue weighted by Gasteiger charge is -2.31. The van der Waals surface area contributed by atoms with E-state index in [-0.39, 0.29) is 23.3 Å². The van der Waals surface area contributed by atoms with Crippen LogP contribution in [0.2, 0.25) is 0 Å². The molecule has 0 spiro atoms. The molecule has 1 fully saturated rings. The molecule has 23 heavy (non-hydrogen) atoms. The van der Waals surface area contributed by atoms with Crippen molar-refractivity contribution < 1.29 is 17.9 Å². The lowest BCUT2D eigenvalue weighted by atomic mass is 10.1. The molecule has 0 amide bonds. The second-order valence-corrected chi connectivity index (χ2v) is 7.96. The van der Waals surface area contributed by atoms with E-state index in [9.17, 15) is 8.42 Å². The number of benzene rings is 1. The second-order valence-electron chi connectivity index (χ2n) is 5.14. The molecule has 2 rings (SSSR count). The number of methoxy groups -OCH3 is 2. The summed E-state index contributed by atoms with van der Waals surface area (Å²) in [4.78, 5) is 0.186. The van der Waals surface area contributed by atoms with Crippen molar-refractivity contribution in [1.82, 2.24) is 9.62 Å². The summed E-state index contributed by atoms with van der Waals surface area (Å²) < 4.78 is 38.1. The lowest BCUT2D eigenvalue weighted by molar-refractivity contribution is 0.296. The fraction of sp³-hybridized carbons (Fsp3) is 0.571. The van der Waals surface area contributed by atoms with Crippen LogP contribution >= 0.6 is 28.3 Å². The number of nitrogens with zero attached hydrogens (tertiary/aromatic N) is 1. The molecule has 0 bridgehead atoms. The number of rotatable bonds is 5. The van der Waals surface area contributed by atoms with Crippen molar-refractivity contribution in [3.8, 4) is 11.5 Å². The van der Waals surface area contributed by atoms with Gasteiger partial charge in [0.1, 0.15) is 4.90 Å². The van der Waals surface area contributed by atoms with Gasteiger partial charge < -0.3 is 14.8 Å². The summed E-state index contributed by atoms with van der Waals surface area (Å²) in [7, 11) is 1.03. The summed E-state index contributed by atoms with van der Waals surface area (Å²) in [5, 5.41) is 3.24. The van der Waals surface area contributed by atoms with E-state index in [1.165, 1.54) is 24.6 Å². The topological polar surface area (TPSA) is 67.9 Å². The number of piperidine rings is 1. The minimum absolute atomic E-state index is 0. The third kappa shape index (κ3) is 4.30. The van der Waals surface area contributed by atoms with Gasteiger partial charge in [0.2, 0.25) is 10.0 Å². The Morgan fingerprint density at radius 3 is 2.22 bits per heavy atom. The van der Waals surface area contributed by atoms with Crippen molar-refractivity contribution in [2.45, 2.75) is 23.8 Å². The zero-order chi connectivity index (χ0) is 16.3. The largest absolute Gasteiger partial charge is 0.493 e. The number of ether oxygens (including phenoxy) is 2. The van der Waals surface area contributed by atoms with E-state index in [1.807, 2.05) is 0 Å². The van der Waals surface area contributed by atoms with Gasteiger partial charge in [-0.05, 0) is 47.9 Å². The molecule has 1 saturated heterocycles.